The second-order valence-corrected chi connectivity index (χ2v) is 4.64. The molecule has 0 aliphatic carbocycles. The van der Waals surface area contributed by atoms with Gasteiger partial charge in [0.1, 0.15) is 23.4 Å². The first-order valence-corrected chi connectivity index (χ1v) is 6.71. The molecule has 0 aromatic carbocycles. The normalized spacial score (nSPS) is 10.3. The first-order chi connectivity index (χ1) is 11.6. The fraction of sp³-hybridized carbons (Fsp3) is 0. The molecule has 0 unspecified atom stereocenters. The van der Waals surface area contributed by atoms with Crippen LogP contribution in [-0.2, 0) is 0 Å². The van der Waals surface area contributed by atoms with Gasteiger partial charge in [0.2, 0.25) is 0 Å². The molecule has 120 valence electrons. The first kappa shape index (κ1) is 15.1. The minimum Gasteiger partial charge on any atom is -0.356 e. The maximum absolute atomic E-state index is 12.6. The van der Waals surface area contributed by atoms with Crippen LogP contribution in [0.4, 0.5) is 11.4 Å². The lowest BCUT2D eigenvalue weighted by molar-refractivity contribution is -0.402. The van der Waals surface area contributed by atoms with Gasteiger partial charge in [-0.3, -0.25) is 0 Å². The predicted octanol–water partition coefficient (Wildman–Crippen LogP) is 2.34. The largest absolute Gasteiger partial charge is 0.356 e. The van der Waals surface area contributed by atoms with Crippen molar-refractivity contribution in [2.75, 3.05) is 0 Å². The quantitative estimate of drug-likeness (QED) is 0.316. The molecule has 4 aromatic heterocycles. The molecule has 4 aromatic rings. The third-order valence-corrected chi connectivity index (χ3v) is 3.25. The van der Waals surface area contributed by atoms with Gasteiger partial charge < -0.3 is 15.3 Å². The number of hydrogen-bond acceptors (Lipinski definition) is 6. The summed E-state index contributed by atoms with van der Waals surface area (Å²) in [6, 6.07) is 11.2. The van der Waals surface area contributed by atoms with Gasteiger partial charge in [0.05, 0.1) is 9.85 Å². The summed E-state index contributed by atoms with van der Waals surface area (Å²) in [5.74, 6) is 0. The van der Waals surface area contributed by atoms with Gasteiger partial charge in [-0.25, -0.2) is 9.03 Å². The molecule has 4 rings (SSSR count). The molecule has 0 spiro atoms. The molecular weight excluding hydrogens is 316 g/mol. The highest BCUT2D eigenvalue weighted by atomic mass is 16.9. The van der Waals surface area contributed by atoms with E-state index >= 15 is 0 Å². The number of pyridine rings is 2. The van der Waals surface area contributed by atoms with E-state index in [9.17, 15) is 4.91 Å². The zero-order valence-electron chi connectivity index (χ0n) is 12.1. The summed E-state index contributed by atoms with van der Waals surface area (Å²) in [7, 11) is 0. The first-order valence-electron chi connectivity index (χ1n) is 6.71. The Morgan fingerprint density at radius 3 is 1.62 bits per heavy atom. The molecule has 4 heterocycles. The molecule has 0 saturated carbocycles. The standard InChI is InChI=1S/C14H10N5O.NO3/c20-19(13-9-15-17-7-3-1-5-11(13)17)14-10-16-18-8-4-2-6-12(14)18;2-1(3)4/h1-10H;/q+1;-1. The highest BCUT2D eigenvalue weighted by Gasteiger charge is 2.26. The van der Waals surface area contributed by atoms with Crippen LogP contribution in [0, 0.1) is 20.2 Å². The number of nitrogens with zero attached hydrogens (tertiary/aromatic N) is 6. The van der Waals surface area contributed by atoms with Gasteiger partial charge in [0, 0.05) is 17.3 Å². The Morgan fingerprint density at radius 1 is 0.792 bits per heavy atom. The molecular formula is C14H10N6O4. The Bertz CT molecular complexity index is 958. The molecule has 10 nitrogen and oxygen atoms in total. The number of aromatic nitrogens is 4. The van der Waals surface area contributed by atoms with Gasteiger partial charge in [-0.05, 0) is 24.3 Å². The molecule has 0 bridgehead atoms. The zero-order valence-corrected chi connectivity index (χ0v) is 12.1. The van der Waals surface area contributed by atoms with E-state index in [4.69, 9.17) is 15.3 Å². The number of fused-ring (bicyclic) bond motifs is 2. The second-order valence-electron chi connectivity index (χ2n) is 4.64. The summed E-state index contributed by atoms with van der Waals surface area (Å²) in [5, 5.41) is 23.1. The van der Waals surface area contributed by atoms with Crippen molar-refractivity contribution < 1.29 is 5.09 Å². The number of rotatable bonds is 2. The molecule has 0 saturated heterocycles. The lowest BCUT2D eigenvalue weighted by Gasteiger charge is -1.91. The van der Waals surface area contributed by atoms with E-state index in [0.29, 0.717) is 11.4 Å². The van der Waals surface area contributed by atoms with Crippen LogP contribution in [0.1, 0.15) is 0 Å². The second kappa shape index (κ2) is 6.12. The number of hydrogen-bond donors (Lipinski definition) is 0. The number of nitroso groups, excluding NO2 is 1. The molecule has 0 radical (unpaired) electrons. The van der Waals surface area contributed by atoms with Crippen LogP contribution in [-0.4, -0.2) is 24.3 Å². The fourth-order valence-corrected chi connectivity index (χ4v) is 2.28. The minimum atomic E-state index is -1.75. The van der Waals surface area contributed by atoms with Crippen molar-refractivity contribution in [1.82, 2.24) is 24.0 Å². The SMILES string of the molecule is O=[N+]([O-])[O-].O=[N+](c1cnn2ccccc12)c1cnn2ccccc12. The topological polar surface area (TPSA) is 121 Å². The highest BCUT2D eigenvalue weighted by Crippen LogP contribution is 2.27. The molecule has 0 aliphatic rings. The third-order valence-electron chi connectivity index (χ3n) is 3.25. The Labute approximate surface area is 133 Å². The molecule has 0 N–H and O–H groups in total. The summed E-state index contributed by atoms with van der Waals surface area (Å²) in [4.78, 5) is 20.9. The van der Waals surface area contributed by atoms with Crippen molar-refractivity contribution in [1.29, 1.82) is 0 Å². The van der Waals surface area contributed by atoms with Crippen LogP contribution >= 0.6 is 0 Å². The van der Waals surface area contributed by atoms with Crippen LogP contribution in [0.3, 0.4) is 0 Å². The Hall–Kier alpha value is -3.82. The highest BCUT2D eigenvalue weighted by molar-refractivity contribution is 5.77. The van der Waals surface area contributed by atoms with Crippen LogP contribution < -0.4 is 4.76 Å². The Morgan fingerprint density at radius 2 is 1.21 bits per heavy atom. The summed E-state index contributed by atoms with van der Waals surface area (Å²) >= 11 is 0. The monoisotopic (exact) mass is 326 g/mol. The van der Waals surface area contributed by atoms with Gasteiger partial charge in [-0.15, -0.1) is 0 Å². The summed E-state index contributed by atoms with van der Waals surface area (Å²) < 4.78 is 4.21. The predicted molar refractivity (Wildman–Crippen MR) is 85.6 cm³/mol. The van der Waals surface area contributed by atoms with E-state index in [1.165, 1.54) is 0 Å². The summed E-state index contributed by atoms with van der Waals surface area (Å²) in [6.07, 6.45) is 6.75. The Balaban J connectivity index is 0.000000383. The smallest absolute Gasteiger partial charge is 0.309 e. The van der Waals surface area contributed by atoms with Gasteiger partial charge in [-0.1, -0.05) is 12.1 Å². The van der Waals surface area contributed by atoms with Crippen LogP contribution in [0.15, 0.2) is 61.2 Å². The fourth-order valence-electron chi connectivity index (χ4n) is 2.28. The van der Waals surface area contributed by atoms with Crippen LogP contribution in [0.25, 0.3) is 11.0 Å². The lowest BCUT2D eigenvalue weighted by atomic mass is 10.3. The third kappa shape index (κ3) is 2.75. The van der Waals surface area contributed by atoms with E-state index < -0.39 is 5.09 Å². The van der Waals surface area contributed by atoms with Crippen LogP contribution in [0.5, 0.6) is 0 Å². The van der Waals surface area contributed by atoms with E-state index in [1.54, 1.807) is 21.4 Å². The van der Waals surface area contributed by atoms with Gasteiger partial charge in [0.15, 0.2) is 0 Å². The molecule has 10 heteroatoms. The van der Waals surface area contributed by atoms with Gasteiger partial charge in [-0.2, -0.15) is 10.2 Å². The van der Waals surface area contributed by atoms with Gasteiger partial charge >= 0.3 is 11.4 Å². The average molecular weight is 326 g/mol. The van der Waals surface area contributed by atoms with E-state index in [0.717, 1.165) is 15.8 Å². The van der Waals surface area contributed by atoms with Crippen LogP contribution in [0.2, 0.25) is 0 Å². The average Bonchev–Trinajstić information content (AvgIpc) is 3.18. The minimum absolute atomic E-state index is 0.504. The lowest BCUT2D eigenvalue weighted by Crippen LogP contribution is -1.97. The Kier molecular flexibility index (Phi) is 3.85. The van der Waals surface area contributed by atoms with Crippen molar-refractivity contribution >= 4 is 22.4 Å². The molecule has 0 fully saturated rings. The molecule has 24 heavy (non-hydrogen) atoms. The van der Waals surface area contributed by atoms with Crippen molar-refractivity contribution in [3.05, 3.63) is 81.4 Å². The van der Waals surface area contributed by atoms with E-state index in [-0.39, 0.29) is 0 Å². The maximum Gasteiger partial charge on any atom is 0.309 e. The molecule has 0 aliphatic heterocycles. The van der Waals surface area contributed by atoms with Crippen molar-refractivity contribution in [3.63, 3.8) is 0 Å². The summed E-state index contributed by atoms with van der Waals surface area (Å²) in [5.41, 5.74) is 2.53. The molecule has 0 atom stereocenters. The van der Waals surface area contributed by atoms with Gasteiger partial charge in [0.25, 0.3) is 0 Å². The van der Waals surface area contributed by atoms with E-state index in [2.05, 4.69) is 10.2 Å². The molecule has 0 amide bonds. The maximum atomic E-state index is 12.6. The van der Waals surface area contributed by atoms with Crippen molar-refractivity contribution in [3.8, 4) is 0 Å². The zero-order chi connectivity index (χ0) is 17.1. The van der Waals surface area contributed by atoms with E-state index in [1.807, 2.05) is 48.8 Å². The van der Waals surface area contributed by atoms with Crippen molar-refractivity contribution in [2.24, 2.45) is 0 Å². The summed E-state index contributed by atoms with van der Waals surface area (Å²) in [6.45, 7) is 0. The van der Waals surface area contributed by atoms with Crippen molar-refractivity contribution in [2.45, 2.75) is 0 Å².